The summed E-state index contributed by atoms with van der Waals surface area (Å²) in [5, 5.41) is 5.59. The number of hydrogen-bond acceptors (Lipinski definition) is 3. The molecule has 0 saturated heterocycles. The van der Waals surface area contributed by atoms with Crippen LogP contribution in [0.15, 0.2) is 36.5 Å². The van der Waals surface area contributed by atoms with E-state index in [1.165, 1.54) is 0 Å². The number of methoxy groups -OCH3 is 1. The van der Waals surface area contributed by atoms with Crippen LogP contribution in [0.1, 0.15) is 6.42 Å². The first-order valence-corrected chi connectivity index (χ1v) is 4.95. The molecule has 0 aliphatic carbocycles. The molecule has 0 radical (unpaired) electrons. The van der Waals surface area contributed by atoms with E-state index in [2.05, 4.69) is 17.2 Å². The predicted octanol–water partition coefficient (Wildman–Crippen LogP) is 1.76. The zero-order valence-corrected chi connectivity index (χ0v) is 9.54. The fourth-order valence-corrected chi connectivity index (χ4v) is 1.20. The van der Waals surface area contributed by atoms with Crippen molar-refractivity contribution in [1.82, 2.24) is 5.32 Å². The maximum atomic E-state index is 11.1. The maximum absolute atomic E-state index is 11.1. The van der Waals surface area contributed by atoms with Crippen molar-refractivity contribution < 1.29 is 9.53 Å². The lowest BCUT2D eigenvalue weighted by molar-refractivity contribution is -0.119. The van der Waals surface area contributed by atoms with Crippen LogP contribution in [0.3, 0.4) is 0 Å². The smallest absolute Gasteiger partial charge is 0.225 e. The van der Waals surface area contributed by atoms with Gasteiger partial charge in [-0.15, -0.1) is 0 Å². The Kier molecular flexibility index (Phi) is 4.39. The summed E-state index contributed by atoms with van der Waals surface area (Å²) in [5.74, 6) is 0.730. The third kappa shape index (κ3) is 3.65. The standard InChI is InChI=1S/C12H16N2O2/c1-9(8-12(15)13-2)14-10-4-6-11(16-3)7-5-10/h4-7,14H,1,8H2,2-3H3,(H,13,15). The van der Waals surface area contributed by atoms with Gasteiger partial charge in [0.2, 0.25) is 5.91 Å². The highest BCUT2D eigenvalue weighted by atomic mass is 16.5. The summed E-state index contributed by atoms with van der Waals surface area (Å²) >= 11 is 0. The molecule has 0 spiro atoms. The van der Waals surface area contributed by atoms with E-state index in [1.54, 1.807) is 14.2 Å². The number of benzene rings is 1. The molecule has 0 aliphatic heterocycles. The monoisotopic (exact) mass is 220 g/mol. The first-order valence-electron chi connectivity index (χ1n) is 4.95. The Bertz CT molecular complexity index is 371. The van der Waals surface area contributed by atoms with Gasteiger partial charge in [0.25, 0.3) is 0 Å². The van der Waals surface area contributed by atoms with Gasteiger partial charge in [-0.25, -0.2) is 0 Å². The van der Waals surface area contributed by atoms with Crippen molar-refractivity contribution in [2.24, 2.45) is 0 Å². The fourth-order valence-electron chi connectivity index (χ4n) is 1.20. The number of nitrogens with one attached hydrogen (secondary N) is 2. The van der Waals surface area contributed by atoms with Crippen molar-refractivity contribution in [3.8, 4) is 5.75 Å². The Morgan fingerprint density at radius 1 is 1.38 bits per heavy atom. The second-order valence-corrected chi connectivity index (χ2v) is 3.31. The van der Waals surface area contributed by atoms with E-state index in [9.17, 15) is 4.79 Å². The minimum Gasteiger partial charge on any atom is -0.497 e. The molecule has 4 nitrogen and oxygen atoms in total. The average Bonchev–Trinajstić information content (AvgIpc) is 2.29. The predicted molar refractivity (Wildman–Crippen MR) is 64.4 cm³/mol. The summed E-state index contributed by atoms with van der Waals surface area (Å²) in [4.78, 5) is 11.1. The lowest BCUT2D eigenvalue weighted by Crippen LogP contribution is -2.19. The molecule has 86 valence electrons. The van der Waals surface area contributed by atoms with Crippen molar-refractivity contribution in [2.45, 2.75) is 6.42 Å². The Labute approximate surface area is 95.3 Å². The van der Waals surface area contributed by atoms with Gasteiger partial charge in [-0.05, 0) is 24.3 Å². The minimum atomic E-state index is -0.0639. The summed E-state index contributed by atoms with van der Waals surface area (Å²) in [6, 6.07) is 7.42. The molecule has 1 aromatic rings. The quantitative estimate of drug-likeness (QED) is 0.795. The summed E-state index contributed by atoms with van der Waals surface area (Å²) in [6.07, 6.45) is 0.266. The molecule has 4 heteroatoms. The first kappa shape index (κ1) is 12.1. The highest BCUT2D eigenvalue weighted by Crippen LogP contribution is 2.16. The summed E-state index contributed by atoms with van der Waals surface area (Å²) in [5.41, 5.74) is 1.54. The first-order chi connectivity index (χ1) is 7.65. The topological polar surface area (TPSA) is 50.4 Å². The molecule has 0 heterocycles. The second kappa shape index (κ2) is 5.80. The molecule has 0 aliphatic rings. The molecule has 0 bridgehead atoms. The van der Waals surface area contributed by atoms with Gasteiger partial charge in [-0.2, -0.15) is 0 Å². The molecule has 0 aromatic heterocycles. The largest absolute Gasteiger partial charge is 0.497 e. The number of anilines is 1. The van der Waals surface area contributed by atoms with Gasteiger partial charge in [0.1, 0.15) is 5.75 Å². The van der Waals surface area contributed by atoms with Crippen molar-refractivity contribution in [2.75, 3.05) is 19.5 Å². The maximum Gasteiger partial charge on any atom is 0.225 e. The van der Waals surface area contributed by atoms with Crippen LogP contribution in [-0.2, 0) is 4.79 Å². The normalized spacial score (nSPS) is 9.38. The number of carbonyl (C=O) groups is 1. The van der Waals surface area contributed by atoms with Gasteiger partial charge < -0.3 is 15.4 Å². The second-order valence-electron chi connectivity index (χ2n) is 3.31. The molecule has 0 saturated carbocycles. The molecule has 16 heavy (non-hydrogen) atoms. The van der Waals surface area contributed by atoms with Gasteiger partial charge in [-0.3, -0.25) is 4.79 Å². The zero-order valence-electron chi connectivity index (χ0n) is 9.54. The van der Waals surface area contributed by atoms with Crippen molar-refractivity contribution in [1.29, 1.82) is 0 Å². The molecule has 0 unspecified atom stereocenters. The molecule has 1 aromatic carbocycles. The van der Waals surface area contributed by atoms with Gasteiger partial charge in [0.15, 0.2) is 0 Å². The number of rotatable bonds is 5. The highest BCUT2D eigenvalue weighted by Gasteiger charge is 2.02. The Morgan fingerprint density at radius 2 is 2.00 bits per heavy atom. The molecular weight excluding hydrogens is 204 g/mol. The molecule has 0 atom stereocenters. The van der Waals surface area contributed by atoms with E-state index in [0.29, 0.717) is 5.70 Å². The fraction of sp³-hybridized carbons (Fsp3) is 0.250. The van der Waals surface area contributed by atoms with Crippen molar-refractivity contribution >= 4 is 11.6 Å². The van der Waals surface area contributed by atoms with Crippen LogP contribution < -0.4 is 15.4 Å². The molecule has 1 amide bonds. The van der Waals surface area contributed by atoms with E-state index in [4.69, 9.17) is 4.74 Å². The van der Waals surface area contributed by atoms with E-state index in [0.717, 1.165) is 11.4 Å². The van der Waals surface area contributed by atoms with Gasteiger partial charge in [-0.1, -0.05) is 6.58 Å². The van der Waals surface area contributed by atoms with E-state index < -0.39 is 0 Å². The van der Waals surface area contributed by atoms with E-state index in [-0.39, 0.29) is 12.3 Å². The van der Waals surface area contributed by atoms with Crippen LogP contribution >= 0.6 is 0 Å². The third-order valence-electron chi connectivity index (χ3n) is 2.06. The molecular formula is C12H16N2O2. The van der Waals surface area contributed by atoms with Gasteiger partial charge >= 0.3 is 0 Å². The molecule has 0 fully saturated rings. The van der Waals surface area contributed by atoms with Crippen molar-refractivity contribution in [3.05, 3.63) is 36.5 Å². The summed E-state index contributed by atoms with van der Waals surface area (Å²) < 4.78 is 5.04. The number of ether oxygens (including phenoxy) is 1. The molecule has 1 rings (SSSR count). The van der Waals surface area contributed by atoms with Crippen LogP contribution in [0, 0.1) is 0 Å². The van der Waals surface area contributed by atoms with Crippen molar-refractivity contribution in [3.63, 3.8) is 0 Å². The lowest BCUT2D eigenvalue weighted by atomic mass is 10.2. The Hall–Kier alpha value is -1.97. The Balaban J connectivity index is 2.52. The van der Waals surface area contributed by atoms with Gasteiger partial charge in [0, 0.05) is 18.4 Å². The SMILES string of the molecule is C=C(CC(=O)NC)Nc1ccc(OC)cc1. The zero-order chi connectivity index (χ0) is 12.0. The number of carbonyl (C=O) groups excluding carboxylic acids is 1. The van der Waals surface area contributed by atoms with E-state index in [1.807, 2.05) is 24.3 Å². The number of hydrogen-bond donors (Lipinski definition) is 2. The van der Waals surface area contributed by atoms with Crippen LogP contribution in [0.25, 0.3) is 0 Å². The van der Waals surface area contributed by atoms with Crippen LogP contribution in [0.2, 0.25) is 0 Å². The van der Waals surface area contributed by atoms with E-state index >= 15 is 0 Å². The van der Waals surface area contributed by atoms with Crippen LogP contribution in [-0.4, -0.2) is 20.1 Å². The lowest BCUT2D eigenvalue weighted by Gasteiger charge is -2.09. The summed E-state index contributed by atoms with van der Waals surface area (Å²) in [7, 11) is 3.22. The number of amides is 1. The highest BCUT2D eigenvalue weighted by molar-refractivity contribution is 5.78. The van der Waals surface area contributed by atoms with Gasteiger partial charge in [0.05, 0.1) is 13.5 Å². The Morgan fingerprint density at radius 3 is 2.50 bits per heavy atom. The third-order valence-corrected chi connectivity index (χ3v) is 2.06. The van der Waals surface area contributed by atoms with Crippen LogP contribution in [0.5, 0.6) is 5.75 Å². The minimum absolute atomic E-state index is 0.0639. The van der Waals surface area contributed by atoms with Crippen LogP contribution in [0.4, 0.5) is 5.69 Å². The molecule has 2 N–H and O–H groups in total. The average molecular weight is 220 g/mol. The summed E-state index contributed by atoms with van der Waals surface area (Å²) in [6.45, 7) is 3.78.